The maximum Gasteiger partial charge on any atom is 0.269 e. The summed E-state index contributed by atoms with van der Waals surface area (Å²) in [5.41, 5.74) is 3.26. The van der Waals surface area contributed by atoms with Crippen LogP contribution in [0, 0.1) is 10.1 Å². The second kappa shape index (κ2) is 8.51. The lowest BCUT2D eigenvalue weighted by Gasteiger charge is -2.16. The van der Waals surface area contributed by atoms with Crippen molar-refractivity contribution in [2.24, 2.45) is 0 Å². The number of nitro groups is 1. The summed E-state index contributed by atoms with van der Waals surface area (Å²) in [5, 5.41) is 16.6. The minimum absolute atomic E-state index is 0.0367. The Labute approximate surface area is 162 Å². The highest BCUT2D eigenvalue weighted by molar-refractivity contribution is 5.98. The Kier molecular flexibility index (Phi) is 5.88. The van der Waals surface area contributed by atoms with Crippen LogP contribution in [0.25, 0.3) is 0 Å². The largest absolute Gasteiger partial charge is 0.383 e. The third kappa shape index (κ3) is 4.28. The second-order valence-corrected chi connectivity index (χ2v) is 6.48. The molecule has 0 spiro atoms. The molecular weight excluding hydrogens is 360 g/mol. The van der Waals surface area contributed by atoms with Crippen molar-refractivity contribution in [3.8, 4) is 0 Å². The van der Waals surface area contributed by atoms with Crippen molar-refractivity contribution in [2.75, 3.05) is 29.9 Å². The van der Waals surface area contributed by atoms with Gasteiger partial charge < -0.3 is 15.5 Å². The highest BCUT2D eigenvalue weighted by atomic mass is 16.6. The number of nitrogens with one attached hydrogen (secondary N) is 2. The lowest BCUT2D eigenvalue weighted by atomic mass is 10.1. The minimum atomic E-state index is -0.446. The Balaban J connectivity index is 1.50. The van der Waals surface area contributed by atoms with Gasteiger partial charge in [0.2, 0.25) is 5.91 Å². The lowest BCUT2D eigenvalue weighted by Crippen LogP contribution is -2.29. The molecule has 146 valence electrons. The first kappa shape index (κ1) is 19.3. The molecule has 8 heteroatoms. The number of rotatable bonds is 7. The van der Waals surface area contributed by atoms with E-state index in [1.807, 2.05) is 19.1 Å². The van der Waals surface area contributed by atoms with E-state index in [1.165, 1.54) is 12.1 Å². The number of nitrogens with zero attached hydrogens (tertiary/aromatic N) is 2. The highest BCUT2D eigenvalue weighted by Crippen LogP contribution is 2.29. The van der Waals surface area contributed by atoms with E-state index in [0.29, 0.717) is 31.6 Å². The van der Waals surface area contributed by atoms with E-state index in [9.17, 15) is 19.7 Å². The fourth-order valence-corrected chi connectivity index (χ4v) is 3.18. The van der Waals surface area contributed by atoms with E-state index in [0.717, 1.165) is 23.4 Å². The van der Waals surface area contributed by atoms with Crippen LogP contribution in [0.15, 0.2) is 42.5 Å². The number of fused-ring (bicyclic) bond motifs is 1. The normalized spacial score (nSPS) is 12.4. The van der Waals surface area contributed by atoms with Crippen LogP contribution in [0.2, 0.25) is 0 Å². The molecule has 0 saturated heterocycles. The summed E-state index contributed by atoms with van der Waals surface area (Å²) >= 11 is 0. The average molecular weight is 382 g/mol. The van der Waals surface area contributed by atoms with Crippen molar-refractivity contribution in [2.45, 2.75) is 19.8 Å². The van der Waals surface area contributed by atoms with E-state index in [2.05, 4.69) is 10.6 Å². The summed E-state index contributed by atoms with van der Waals surface area (Å²) in [6, 6.07) is 11.5. The van der Waals surface area contributed by atoms with Crippen molar-refractivity contribution in [1.82, 2.24) is 5.32 Å². The molecule has 0 aliphatic carbocycles. The van der Waals surface area contributed by atoms with Crippen LogP contribution in [-0.4, -0.2) is 36.4 Å². The van der Waals surface area contributed by atoms with Gasteiger partial charge in [0.1, 0.15) is 0 Å². The zero-order valence-electron chi connectivity index (χ0n) is 15.6. The first-order valence-electron chi connectivity index (χ1n) is 9.19. The third-order valence-corrected chi connectivity index (χ3v) is 4.66. The van der Waals surface area contributed by atoms with Gasteiger partial charge in [-0.05, 0) is 42.3 Å². The number of hydrogen-bond acceptors (Lipinski definition) is 5. The molecule has 0 atom stereocenters. The molecular formula is C20H22N4O4. The number of carbonyl (C=O) groups excluding carboxylic acids is 2. The third-order valence-electron chi connectivity index (χ3n) is 4.66. The summed E-state index contributed by atoms with van der Waals surface area (Å²) in [5.74, 6) is -0.0816. The van der Waals surface area contributed by atoms with Crippen LogP contribution in [0.3, 0.4) is 0 Å². The van der Waals surface area contributed by atoms with E-state index < -0.39 is 4.92 Å². The molecule has 2 N–H and O–H groups in total. The van der Waals surface area contributed by atoms with Gasteiger partial charge in [-0.25, -0.2) is 0 Å². The van der Waals surface area contributed by atoms with Crippen LogP contribution in [0.1, 0.15) is 29.3 Å². The second-order valence-electron chi connectivity index (χ2n) is 6.48. The van der Waals surface area contributed by atoms with Gasteiger partial charge in [-0.1, -0.05) is 6.92 Å². The zero-order chi connectivity index (χ0) is 20.1. The molecule has 2 amide bonds. The molecule has 0 fully saturated rings. The number of non-ortho nitro benzene ring substituents is 1. The molecule has 2 aromatic rings. The number of hydrogen-bond donors (Lipinski definition) is 2. The van der Waals surface area contributed by atoms with Crippen LogP contribution in [0.5, 0.6) is 0 Å². The van der Waals surface area contributed by atoms with Crippen LogP contribution >= 0.6 is 0 Å². The summed E-state index contributed by atoms with van der Waals surface area (Å²) in [6.07, 6.45) is 1.22. The maximum atomic E-state index is 12.4. The van der Waals surface area contributed by atoms with E-state index in [4.69, 9.17) is 0 Å². The molecule has 0 radical (unpaired) electrons. The Morgan fingerprint density at radius 1 is 1.14 bits per heavy atom. The first-order valence-corrected chi connectivity index (χ1v) is 9.19. The number of carbonyl (C=O) groups is 2. The van der Waals surface area contributed by atoms with Crippen LogP contribution < -0.4 is 15.5 Å². The van der Waals surface area contributed by atoms with E-state index >= 15 is 0 Å². The van der Waals surface area contributed by atoms with Gasteiger partial charge in [-0.3, -0.25) is 19.7 Å². The summed E-state index contributed by atoms with van der Waals surface area (Å²) in [6.45, 7) is 3.40. The van der Waals surface area contributed by atoms with Crippen molar-refractivity contribution in [3.63, 3.8) is 0 Å². The molecule has 8 nitrogen and oxygen atoms in total. The Hall–Kier alpha value is -3.42. The monoisotopic (exact) mass is 382 g/mol. The molecule has 1 aliphatic heterocycles. The van der Waals surface area contributed by atoms with Gasteiger partial charge in [-0.15, -0.1) is 0 Å². The number of nitro benzene ring substituents is 1. The molecule has 2 aromatic carbocycles. The first-order chi connectivity index (χ1) is 13.5. The molecule has 1 heterocycles. The molecule has 0 saturated carbocycles. The highest BCUT2D eigenvalue weighted by Gasteiger charge is 2.24. The number of benzene rings is 2. The predicted octanol–water partition coefficient (Wildman–Crippen LogP) is 2.74. The van der Waals surface area contributed by atoms with Gasteiger partial charge in [0.05, 0.1) is 4.92 Å². The molecule has 1 aliphatic rings. The molecule has 0 unspecified atom stereocenters. The van der Waals surface area contributed by atoms with Gasteiger partial charge in [-0.2, -0.15) is 0 Å². The number of anilines is 2. The van der Waals surface area contributed by atoms with E-state index in [-0.39, 0.29) is 17.5 Å². The van der Waals surface area contributed by atoms with Crippen LogP contribution in [0.4, 0.5) is 17.1 Å². The number of amides is 2. The van der Waals surface area contributed by atoms with Crippen LogP contribution in [-0.2, 0) is 11.2 Å². The zero-order valence-corrected chi connectivity index (χ0v) is 15.6. The van der Waals surface area contributed by atoms with Gasteiger partial charge >= 0.3 is 0 Å². The standard InChI is InChI=1S/C20H22N4O4/c1-2-19(25)23-12-9-14-13-15(3-8-18(14)23)20(26)22-11-10-21-16-4-6-17(7-5-16)24(27)28/h3-8,13,21H,2,9-12H2,1H3,(H,22,26). The summed E-state index contributed by atoms with van der Waals surface area (Å²) < 4.78 is 0. The lowest BCUT2D eigenvalue weighted by molar-refractivity contribution is -0.384. The maximum absolute atomic E-state index is 12.4. The molecule has 3 rings (SSSR count). The SMILES string of the molecule is CCC(=O)N1CCc2cc(C(=O)NCCNc3ccc([N+](=O)[O-])cc3)ccc21. The Morgan fingerprint density at radius 2 is 1.89 bits per heavy atom. The van der Waals surface area contributed by atoms with Gasteiger partial charge in [0.15, 0.2) is 0 Å². The van der Waals surface area contributed by atoms with Gasteiger partial charge in [0.25, 0.3) is 11.6 Å². The van der Waals surface area contributed by atoms with Crippen molar-refractivity contribution >= 4 is 28.9 Å². The topological polar surface area (TPSA) is 105 Å². The summed E-state index contributed by atoms with van der Waals surface area (Å²) in [4.78, 5) is 36.3. The van der Waals surface area contributed by atoms with Crippen molar-refractivity contribution in [3.05, 3.63) is 63.7 Å². The molecule has 0 bridgehead atoms. The van der Waals surface area contributed by atoms with Gasteiger partial charge in [0, 0.05) is 55.1 Å². The van der Waals surface area contributed by atoms with Crippen molar-refractivity contribution < 1.29 is 14.5 Å². The quantitative estimate of drug-likeness (QED) is 0.435. The Bertz CT molecular complexity index is 896. The smallest absolute Gasteiger partial charge is 0.269 e. The van der Waals surface area contributed by atoms with E-state index in [1.54, 1.807) is 23.1 Å². The fourth-order valence-electron chi connectivity index (χ4n) is 3.18. The molecule has 28 heavy (non-hydrogen) atoms. The average Bonchev–Trinajstić information content (AvgIpc) is 3.14. The molecule has 0 aromatic heterocycles. The predicted molar refractivity (Wildman–Crippen MR) is 107 cm³/mol. The fraction of sp³-hybridized carbons (Fsp3) is 0.300. The summed E-state index contributed by atoms with van der Waals surface area (Å²) in [7, 11) is 0. The Morgan fingerprint density at radius 3 is 2.57 bits per heavy atom. The van der Waals surface area contributed by atoms with Crippen molar-refractivity contribution in [1.29, 1.82) is 0 Å². The minimum Gasteiger partial charge on any atom is -0.383 e.